The lowest BCUT2D eigenvalue weighted by Gasteiger charge is -2.01. The molecule has 2 aliphatic carbocycles. The first kappa shape index (κ1) is 6.77. The molecule has 2 fully saturated rings. The van der Waals surface area contributed by atoms with Crippen molar-refractivity contribution in [2.24, 2.45) is 11.8 Å². The molecule has 2 aliphatic rings. The molecule has 2 rings (SSSR count). The minimum Gasteiger partial charge on any atom is -0.299 e. The number of ketones is 2. The van der Waals surface area contributed by atoms with Gasteiger partial charge >= 0.3 is 0 Å². The van der Waals surface area contributed by atoms with Gasteiger partial charge in [0.2, 0.25) is 0 Å². The highest BCUT2D eigenvalue weighted by molar-refractivity contribution is 6.09. The first-order valence-corrected chi connectivity index (χ1v) is 3.90. The number of hydrogen-bond acceptors (Lipinski definition) is 2. The van der Waals surface area contributed by atoms with Gasteiger partial charge in [0.15, 0.2) is 0 Å². The average molecular weight is 150 g/mol. The summed E-state index contributed by atoms with van der Waals surface area (Å²) in [5.74, 6) is 0.294. The monoisotopic (exact) mass is 150 g/mol. The molecule has 0 aromatic carbocycles. The lowest BCUT2D eigenvalue weighted by Crippen LogP contribution is -2.09. The Hall–Kier alpha value is -0.920. The van der Waals surface area contributed by atoms with Gasteiger partial charge in [0, 0.05) is 11.8 Å². The smallest absolute Gasteiger partial charge is 0.144 e. The maximum absolute atomic E-state index is 11.1. The predicted octanol–water partition coefficient (Wildman–Crippen LogP) is 1.11. The fraction of sp³-hybridized carbons (Fsp3) is 0.556. The van der Waals surface area contributed by atoms with Gasteiger partial charge in [-0.05, 0) is 12.8 Å². The van der Waals surface area contributed by atoms with E-state index in [1.165, 1.54) is 0 Å². The van der Waals surface area contributed by atoms with Crippen molar-refractivity contribution in [1.82, 2.24) is 0 Å². The van der Waals surface area contributed by atoms with Gasteiger partial charge in [0.25, 0.3) is 0 Å². The second-order valence-electron chi connectivity index (χ2n) is 3.48. The molecule has 2 atom stereocenters. The minimum atomic E-state index is 0.00926. The molecule has 0 bridgehead atoms. The van der Waals surface area contributed by atoms with Gasteiger partial charge < -0.3 is 0 Å². The van der Waals surface area contributed by atoms with Crippen molar-refractivity contribution in [3.05, 3.63) is 12.2 Å². The molecule has 0 amide bonds. The van der Waals surface area contributed by atoms with Crippen LogP contribution in [0.1, 0.15) is 19.3 Å². The van der Waals surface area contributed by atoms with Crippen LogP contribution in [0.3, 0.4) is 0 Å². The second-order valence-corrected chi connectivity index (χ2v) is 3.48. The Balaban J connectivity index is 2.29. The zero-order valence-electron chi connectivity index (χ0n) is 6.30. The van der Waals surface area contributed by atoms with Crippen molar-refractivity contribution < 1.29 is 9.59 Å². The van der Waals surface area contributed by atoms with E-state index in [0.717, 1.165) is 18.4 Å². The molecule has 0 aromatic rings. The molecule has 0 spiro atoms. The molecule has 0 radical (unpaired) electrons. The Kier molecular flexibility index (Phi) is 1.25. The molecule has 0 aliphatic heterocycles. The summed E-state index contributed by atoms with van der Waals surface area (Å²) in [6.07, 6.45) is 1.70. The van der Waals surface area contributed by atoms with E-state index in [2.05, 4.69) is 6.58 Å². The molecule has 2 heteroatoms. The second kappa shape index (κ2) is 2.03. The Morgan fingerprint density at radius 3 is 2.00 bits per heavy atom. The third-order valence-corrected chi connectivity index (χ3v) is 2.68. The standard InChI is InChI=1S/C9H10O2/c1-5-2-6-7(3-5)9(11)4-8(6)10/h6-7H,1-4H2. The number of carbonyl (C=O) groups excluding carboxylic acids is 2. The van der Waals surface area contributed by atoms with Crippen LogP contribution in [0.5, 0.6) is 0 Å². The van der Waals surface area contributed by atoms with Crippen LogP contribution >= 0.6 is 0 Å². The van der Waals surface area contributed by atoms with Crippen molar-refractivity contribution in [3.8, 4) is 0 Å². The van der Waals surface area contributed by atoms with Crippen molar-refractivity contribution in [3.63, 3.8) is 0 Å². The van der Waals surface area contributed by atoms with Gasteiger partial charge in [-0.3, -0.25) is 9.59 Å². The van der Waals surface area contributed by atoms with Crippen LogP contribution in [0.4, 0.5) is 0 Å². The normalized spacial score (nSPS) is 36.5. The van der Waals surface area contributed by atoms with Crippen LogP contribution in [0, 0.1) is 11.8 Å². The van der Waals surface area contributed by atoms with E-state index in [1.54, 1.807) is 0 Å². The molecule has 0 heterocycles. The maximum atomic E-state index is 11.1. The van der Waals surface area contributed by atoms with E-state index >= 15 is 0 Å². The highest BCUT2D eigenvalue weighted by Crippen LogP contribution is 2.41. The third kappa shape index (κ3) is 0.854. The van der Waals surface area contributed by atoms with Crippen LogP contribution in [-0.2, 0) is 9.59 Å². The summed E-state index contributed by atoms with van der Waals surface area (Å²) in [5, 5.41) is 0. The largest absolute Gasteiger partial charge is 0.299 e. The number of Topliss-reactive ketones (excluding diaryl/α,β-unsaturated/α-hetero) is 2. The SMILES string of the molecule is C=C1CC2C(=O)CC(=O)C2C1. The zero-order chi connectivity index (χ0) is 8.01. The van der Waals surface area contributed by atoms with Gasteiger partial charge in [0.1, 0.15) is 11.6 Å². The summed E-state index contributed by atoms with van der Waals surface area (Å²) >= 11 is 0. The fourth-order valence-electron chi connectivity index (χ4n) is 2.10. The first-order valence-electron chi connectivity index (χ1n) is 3.90. The summed E-state index contributed by atoms with van der Waals surface area (Å²) in [5.41, 5.74) is 1.07. The van der Waals surface area contributed by atoms with E-state index in [0.29, 0.717) is 0 Å². The quantitative estimate of drug-likeness (QED) is 0.383. The van der Waals surface area contributed by atoms with Crippen LogP contribution < -0.4 is 0 Å². The fourth-order valence-corrected chi connectivity index (χ4v) is 2.10. The van der Waals surface area contributed by atoms with Gasteiger partial charge in [-0.15, -0.1) is 0 Å². The maximum Gasteiger partial charge on any atom is 0.144 e. The van der Waals surface area contributed by atoms with E-state index in [1.807, 2.05) is 0 Å². The molecule has 0 N–H and O–H groups in total. The summed E-state index contributed by atoms with van der Waals surface area (Å²) in [6, 6.07) is 0. The van der Waals surface area contributed by atoms with Crippen molar-refractivity contribution >= 4 is 11.6 Å². The lowest BCUT2D eigenvalue weighted by molar-refractivity contribution is -0.123. The highest BCUT2D eigenvalue weighted by Gasteiger charge is 2.45. The average Bonchev–Trinajstić information content (AvgIpc) is 2.38. The molecular weight excluding hydrogens is 140 g/mol. The molecule has 2 nitrogen and oxygen atoms in total. The molecule has 58 valence electrons. The van der Waals surface area contributed by atoms with E-state index in [4.69, 9.17) is 0 Å². The Bertz CT molecular complexity index is 228. The summed E-state index contributed by atoms with van der Waals surface area (Å²) in [6.45, 7) is 3.80. The molecule has 2 unspecified atom stereocenters. The van der Waals surface area contributed by atoms with Gasteiger partial charge in [-0.25, -0.2) is 0 Å². The zero-order valence-corrected chi connectivity index (χ0v) is 6.30. The number of allylic oxidation sites excluding steroid dienone is 1. The number of carbonyl (C=O) groups is 2. The Morgan fingerprint density at radius 1 is 1.09 bits per heavy atom. The van der Waals surface area contributed by atoms with Crippen LogP contribution in [0.15, 0.2) is 12.2 Å². The molecule has 2 saturated carbocycles. The Labute approximate surface area is 65.3 Å². The number of rotatable bonds is 0. The van der Waals surface area contributed by atoms with Gasteiger partial charge in [0.05, 0.1) is 6.42 Å². The topological polar surface area (TPSA) is 34.1 Å². The first-order chi connectivity index (χ1) is 5.18. The van der Waals surface area contributed by atoms with Crippen LogP contribution in [-0.4, -0.2) is 11.6 Å². The van der Waals surface area contributed by atoms with Crippen molar-refractivity contribution in [2.75, 3.05) is 0 Å². The number of fused-ring (bicyclic) bond motifs is 1. The van der Waals surface area contributed by atoms with E-state index in [-0.39, 0.29) is 29.8 Å². The van der Waals surface area contributed by atoms with Gasteiger partial charge in [-0.2, -0.15) is 0 Å². The van der Waals surface area contributed by atoms with Gasteiger partial charge in [-0.1, -0.05) is 12.2 Å². The van der Waals surface area contributed by atoms with E-state index in [9.17, 15) is 9.59 Å². The van der Waals surface area contributed by atoms with Crippen LogP contribution in [0.2, 0.25) is 0 Å². The predicted molar refractivity (Wildman–Crippen MR) is 40.0 cm³/mol. The summed E-state index contributed by atoms with van der Waals surface area (Å²) in [4.78, 5) is 22.3. The molecule has 0 aromatic heterocycles. The summed E-state index contributed by atoms with van der Waals surface area (Å²) in [7, 11) is 0. The molecule has 11 heavy (non-hydrogen) atoms. The minimum absolute atomic E-state index is 0.00926. The van der Waals surface area contributed by atoms with E-state index < -0.39 is 0 Å². The van der Waals surface area contributed by atoms with Crippen LogP contribution in [0.25, 0.3) is 0 Å². The number of hydrogen-bond donors (Lipinski definition) is 0. The van der Waals surface area contributed by atoms with Crippen molar-refractivity contribution in [2.45, 2.75) is 19.3 Å². The summed E-state index contributed by atoms with van der Waals surface area (Å²) < 4.78 is 0. The Morgan fingerprint density at radius 2 is 1.55 bits per heavy atom. The molecular formula is C9H10O2. The highest BCUT2D eigenvalue weighted by atomic mass is 16.2. The lowest BCUT2D eigenvalue weighted by atomic mass is 10.00. The van der Waals surface area contributed by atoms with Crippen molar-refractivity contribution in [1.29, 1.82) is 0 Å². The third-order valence-electron chi connectivity index (χ3n) is 2.68. The molecule has 0 saturated heterocycles.